The number of ether oxygens (including phenoxy) is 1. The van der Waals surface area contributed by atoms with Crippen LogP contribution in [0.1, 0.15) is 57.3 Å². The molecule has 116 valence electrons. The SMILES string of the molecule is CCOC(=O)c1ccc(NC2CCC(C)(C)CC2C)cc1. The van der Waals surface area contributed by atoms with Crippen LogP contribution in [0, 0.1) is 11.3 Å². The molecule has 0 amide bonds. The van der Waals surface area contributed by atoms with Crippen LogP contribution in [0.15, 0.2) is 24.3 Å². The summed E-state index contributed by atoms with van der Waals surface area (Å²) in [5.74, 6) is 0.412. The highest BCUT2D eigenvalue weighted by Crippen LogP contribution is 2.39. The van der Waals surface area contributed by atoms with Crippen molar-refractivity contribution in [1.82, 2.24) is 0 Å². The molecule has 1 saturated carbocycles. The lowest BCUT2D eigenvalue weighted by Gasteiger charge is -2.40. The zero-order chi connectivity index (χ0) is 15.5. The first kappa shape index (κ1) is 15.9. The van der Waals surface area contributed by atoms with Crippen LogP contribution in [0.25, 0.3) is 0 Å². The quantitative estimate of drug-likeness (QED) is 0.830. The van der Waals surface area contributed by atoms with Gasteiger partial charge in [0.15, 0.2) is 0 Å². The number of carbonyl (C=O) groups excluding carboxylic acids is 1. The van der Waals surface area contributed by atoms with Crippen molar-refractivity contribution in [2.75, 3.05) is 11.9 Å². The molecule has 1 N–H and O–H groups in total. The van der Waals surface area contributed by atoms with Crippen LogP contribution >= 0.6 is 0 Å². The maximum atomic E-state index is 11.6. The molecule has 3 heteroatoms. The van der Waals surface area contributed by atoms with Crippen LogP contribution in [0.5, 0.6) is 0 Å². The molecule has 2 atom stereocenters. The van der Waals surface area contributed by atoms with E-state index in [9.17, 15) is 4.79 Å². The number of esters is 1. The Morgan fingerprint density at radius 2 is 2.00 bits per heavy atom. The Bertz CT molecular complexity index is 478. The summed E-state index contributed by atoms with van der Waals surface area (Å²) >= 11 is 0. The largest absolute Gasteiger partial charge is 0.462 e. The highest BCUT2D eigenvalue weighted by Gasteiger charge is 2.32. The topological polar surface area (TPSA) is 38.3 Å². The molecular formula is C18H27NO2. The normalized spacial score (nSPS) is 24.4. The first-order chi connectivity index (χ1) is 9.91. The molecule has 2 unspecified atom stereocenters. The number of rotatable bonds is 4. The minimum atomic E-state index is -0.253. The molecule has 2 rings (SSSR count). The molecule has 0 aliphatic heterocycles. The highest BCUT2D eigenvalue weighted by atomic mass is 16.5. The van der Waals surface area contributed by atoms with Crippen molar-refractivity contribution in [3.05, 3.63) is 29.8 Å². The van der Waals surface area contributed by atoms with Crippen molar-refractivity contribution in [3.63, 3.8) is 0 Å². The first-order valence-electron chi connectivity index (χ1n) is 7.95. The monoisotopic (exact) mass is 289 g/mol. The second-order valence-corrected chi connectivity index (χ2v) is 6.93. The number of anilines is 1. The number of benzene rings is 1. The van der Waals surface area contributed by atoms with E-state index in [-0.39, 0.29) is 5.97 Å². The van der Waals surface area contributed by atoms with E-state index in [4.69, 9.17) is 4.74 Å². The van der Waals surface area contributed by atoms with E-state index in [0.717, 1.165) is 5.69 Å². The average molecular weight is 289 g/mol. The van der Waals surface area contributed by atoms with Crippen LogP contribution in [-0.4, -0.2) is 18.6 Å². The van der Waals surface area contributed by atoms with E-state index in [0.29, 0.717) is 29.5 Å². The van der Waals surface area contributed by atoms with Gasteiger partial charge in [0.05, 0.1) is 12.2 Å². The molecule has 0 bridgehead atoms. The van der Waals surface area contributed by atoms with Gasteiger partial charge in [0.1, 0.15) is 0 Å². The van der Waals surface area contributed by atoms with Gasteiger partial charge in [-0.2, -0.15) is 0 Å². The number of carbonyl (C=O) groups is 1. The Labute approximate surface area is 128 Å². The molecule has 21 heavy (non-hydrogen) atoms. The lowest BCUT2D eigenvalue weighted by molar-refractivity contribution is 0.0526. The second kappa shape index (κ2) is 6.50. The maximum absolute atomic E-state index is 11.6. The van der Waals surface area contributed by atoms with Crippen LogP contribution in [0.4, 0.5) is 5.69 Å². The number of hydrogen-bond acceptors (Lipinski definition) is 3. The Morgan fingerprint density at radius 3 is 2.57 bits per heavy atom. The van der Waals surface area contributed by atoms with Gasteiger partial charge < -0.3 is 10.1 Å². The lowest BCUT2D eigenvalue weighted by atomic mass is 9.70. The molecule has 1 aliphatic carbocycles. The molecule has 0 spiro atoms. The minimum absolute atomic E-state index is 0.253. The average Bonchev–Trinajstić information content (AvgIpc) is 2.42. The van der Waals surface area contributed by atoms with Gasteiger partial charge in [-0.05, 0) is 61.8 Å². The molecule has 0 saturated heterocycles. The summed E-state index contributed by atoms with van der Waals surface area (Å²) < 4.78 is 5.00. The zero-order valence-electron chi connectivity index (χ0n) is 13.6. The van der Waals surface area contributed by atoms with Gasteiger partial charge >= 0.3 is 5.97 Å². The number of hydrogen-bond donors (Lipinski definition) is 1. The molecule has 0 aromatic heterocycles. The standard InChI is InChI=1S/C18H27NO2/c1-5-21-17(20)14-6-8-15(9-7-14)19-16-10-11-18(3,4)12-13(16)2/h6-9,13,16,19H,5,10-12H2,1-4H3. The molecule has 0 radical (unpaired) electrons. The molecular weight excluding hydrogens is 262 g/mol. The fourth-order valence-corrected chi connectivity index (χ4v) is 3.29. The van der Waals surface area contributed by atoms with Gasteiger partial charge in [-0.25, -0.2) is 4.79 Å². The minimum Gasteiger partial charge on any atom is -0.462 e. The molecule has 1 fully saturated rings. The third-order valence-electron chi connectivity index (χ3n) is 4.44. The fourth-order valence-electron chi connectivity index (χ4n) is 3.29. The first-order valence-corrected chi connectivity index (χ1v) is 7.95. The van der Waals surface area contributed by atoms with Gasteiger partial charge in [-0.1, -0.05) is 20.8 Å². The number of nitrogens with one attached hydrogen (secondary N) is 1. The molecule has 1 aromatic carbocycles. The lowest BCUT2D eigenvalue weighted by Crippen LogP contribution is -2.36. The fraction of sp³-hybridized carbons (Fsp3) is 0.611. The van der Waals surface area contributed by atoms with E-state index in [1.54, 1.807) is 0 Å². The van der Waals surface area contributed by atoms with Crippen molar-refractivity contribution >= 4 is 11.7 Å². The van der Waals surface area contributed by atoms with E-state index in [1.165, 1.54) is 19.3 Å². The van der Waals surface area contributed by atoms with Crippen LogP contribution in [-0.2, 0) is 4.74 Å². The maximum Gasteiger partial charge on any atom is 0.338 e. The van der Waals surface area contributed by atoms with Crippen molar-refractivity contribution < 1.29 is 9.53 Å². The molecule has 0 heterocycles. The third kappa shape index (κ3) is 4.23. The van der Waals surface area contributed by atoms with Crippen molar-refractivity contribution in [2.45, 2.75) is 53.0 Å². The summed E-state index contributed by atoms with van der Waals surface area (Å²) in [4.78, 5) is 11.6. The Morgan fingerprint density at radius 1 is 1.33 bits per heavy atom. The predicted octanol–water partition coefficient (Wildman–Crippen LogP) is 4.49. The molecule has 1 aromatic rings. The van der Waals surface area contributed by atoms with Crippen LogP contribution in [0.2, 0.25) is 0 Å². The molecule has 1 aliphatic rings. The van der Waals surface area contributed by atoms with Gasteiger partial charge in [-0.15, -0.1) is 0 Å². The van der Waals surface area contributed by atoms with E-state index in [2.05, 4.69) is 26.1 Å². The highest BCUT2D eigenvalue weighted by molar-refractivity contribution is 5.89. The van der Waals surface area contributed by atoms with Crippen molar-refractivity contribution in [2.24, 2.45) is 11.3 Å². The van der Waals surface area contributed by atoms with E-state index < -0.39 is 0 Å². The third-order valence-corrected chi connectivity index (χ3v) is 4.44. The van der Waals surface area contributed by atoms with Crippen molar-refractivity contribution in [3.8, 4) is 0 Å². The Kier molecular flexibility index (Phi) is 4.92. The molecule has 3 nitrogen and oxygen atoms in total. The summed E-state index contributed by atoms with van der Waals surface area (Å²) in [6.45, 7) is 9.27. The van der Waals surface area contributed by atoms with Crippen LogP contribution < -0.4 is 5.32 Å². The van der Waals surface area contributed by atoms with E-state index in [1.807, 2.05) is 31.2 Å². The van der Waals surface area contributed by atoms with Crippen LogP contribution in [0.3, 0.4) is 0 Å². The van der Waals surface area contributed by atoms with Gasteiger partial charge in [0.25, 0.3) is 0 Å². The summed E-state index contributed by atoms with van der Waals surface area (Å²) in [6, 6.07) is 8.12. The summed E-state index contributed by atoms with van der Waals surface area (Å²) in [5.41, 5.74) is 2.16. The summed E-state index contributed by atoms with van der Waals surface area (Å²) in [7, 11) is 0. The van der Waals surface area contributed by atoms with Gasteiger partial charge in [0.2, 0.25) is 0 Å². The Hall–Kier alpha value is -1.51. The summed E-state index contributed by atoms with van der Waals surface area (Å²) in [5, 5.41) is 3.61. The zero-order valence-corrected chi connectivity index (χ0v) is 13.6. The summed E-state index contributed by atoms with van der Waals surface area (Å²) in [6.07, 6.45) is 3.72. The second-order valence-electron chi connectivity index (χ2n) is 6.93. The van der Waals surface area contributed by atoms with Gasteiger partial charge in [0, 0.05) is 11.7 Å². The smallest absolute Gasteiger partial charge is 0.338 e. The van der Waals surface area contributed by atoms with Crippen molar-refractivity contribution in [1.29, 1.82) is 0 Å². The Balaban J connectivity index is 1.96. The predicted molar refractivity (Wildman–Crippen MR) is 86.6 cm³/mol. The van der Waals surface area contributed by atoms with E-state index >= 15 is 0 Å². The van der Waals surface area contributed by atoms with Gasteiger partial charge in [-0.3, -0.25) is 0 Å².